The van der Waals surface area contributed by atoms with Crippen LogP contribution >= 0.6 is 0 Å². The van der Waals surface area contributed by atoms with Gasteiger partial charge in [0.2, 0.25) is 0 Å². The van der Waals surface area contributed by atoms with Gasteiger partial charge in [-0.15, -0.1) is 0 Å². The lowest BCUT2D eigenvalue weighted by Gasteiger charge is -2.21. The fourth-order valence-corrected chi connectivity index (χ4v) is 2.30. The number of ether oxygens (including phenoxy) is 1. The Morgan fingerprint density at radius 1 is 1.33 bits per heavy atom. The van der Waals surface area contributed by atoms with E-state index in [0.717, 1.165) is 5.56 Å². The smallest absolute Gasteiger partial charge is 0.276 e. The quantitative estimate of drug-likeness (QED) is 0.880. The first kappa shape index (κ1) is 18.0. The standard InChI is InChI=1S/C18H24N2O4/c1-18(2,3)16-11-14(19-24-16)17(22)20(9-10-21)12-13-7-5-6-8-15(13)23-4/h5-8,11,21H,9-10,12H2,1-4H3. The van der Waals surface area contributed by atoms with E-state index < -0.39 is 0 Å². The molecule has 0 fully saturated rings. The maximum Gasteiger partial charge on any atom is 0.276 e. The average molecular weight is 332 g/mol. The summed E-state index contributed by atoms with van der Waals surface area (Å²) >= 11 is 0. The number of aromatic nitrogens is 1. The summed E-state index contributed by atoms with van der Waals surface area (Å²) in [6.07, 6.45) is 0. The topological polar surface area (TPSA) is 75.8 Å². The number of aliphatic hydroxyl groups is 1. The molecule has 0 spiro atoms. The van der Waals surface area contributed by atoms with Crippen LogP contribution in [-0.2, 0) is 12.0 Å². The van der Waals surface area contributed by atoms with Gasteiger partial charge in [0.1, 0.15) is 11.5 Å². The van der Waals surface area contributed by atoms with Crippen molar-refractivity contribution in [3.05, 3.63) is 47.3 Å². The van der Waals surface area contributed by atoms with Gasteiger partial charge in [-0.05, 0) is 6.07 Å². The predicted molar refractivity (Wildman–Crippen MR) is 90.0 cm³/mol. The van der Waals surface area contributed by atoms with Crippen molar-refractivity contribution in [2.24, 2.45) is 0 Å². The molecule has 1 aromatic carbocycles. The lowest BCUT2D eigenvalue weighted by atomic mass is 9.93. The van der Waals surface area contributed by atoms with Gasteiger partial charge in [0, 0.05) is 30.1 Å². The van der Waals surface area contributed by atoms with Crippen LogP contribution < -0.4 is 4.74 Å². The normalized spacial score (nSPS) is 11.4. The molecule has 1 aromatic heterocycles. The van der Waals surface area contributed by atoms with Crippen LogP contribution in [0.5, 0.6) is 5.75 Å². The predicted octanol–water partition coefficient (Wildman–Crippen LogP) is 2.62. The molecule has 130 valence electrons. The lowest BCUT2D eigenvalue weighted by molar-refractivity contribution is 0.0696. The molecule has 0 saturated carbocycles. The minimum Gasteiger partial charge on any atom is -0.496 e. The van der Waals surface area contributed by atoms with E-state index >= 15 is 0 Å². The maximum absolute atomic E-state index is 12.7. The summed E-state index contributed by atoms with van der Waals surface area (Å²) < 4.78 is 10.6. The van der Waals surface area contributed by atoms with E-state index in [2.05, 4.69) is 5.16 Å². The van der Waals surface area contributed by atoms with Crippen LogP contribution in [0.25, 0.3) is 0 Å². The Morgan fingerprint density at radius 3 is 2.62 bits per heavy atom. The third-order valence-corrected chi connectivity index (χ3v) is 3.68. The van der Waals surface area contributed by atoms with Crippen LogP contribution in [0, 0.1) is 0 Å². The molecule has 0 aliphatic carbocycles. The molecule has 1 heterocycles. The van der Waals surface area contributed by atoms with Gasteiger partial charge in [-0.3, -0.25) is 4.79 Å². The zero-order valence-corrected chi connectivity index (χ0v) is 14.6. The first-order valence-corrected chi connectivity index (χ1v) is 7.86. The molecule has 0 aliphatic heterocycles. The monoisotopic (exact) mass is 332 g/mol. The molecule has 1 N–H and O–H groups in total. The molecule has 2 rings (SSSR count). The number of carbonyl (C=O) groups is 1. The van der Waals surface area contributed by atoms with Gasteiger partial charge in [0.15, 0.2) is 5.69 Å². The van der Waals surface area contributed by atoms with Crippen LogP contribution in [0.15, 0.2) is 34.9 Å². The Hall–Kier alpha value is -2.34. The van der Waals surface area contributed by atoms with Crippen molar-refractivity contribution in [3.8, 4) is 5.75 Å². The fourth-order valence-electron chi connectivity index (χ4n) is 2.30. The van der Waals surface area contributed by atoms with Crippen molar-refractivity contribution in [1.29, 1.82) is 0 Å². The molecular weight excluding hydrogens is 308 g/mol. The summed E-state index contributed by atoms with van der Waals surface area (Å²) in [5.41, 5.74) is 0.875. The zero-order chi connectivity index (χ0) is 17.7. The Bertz CT molecular complexity index is 688. The molecule has 0 saturated heterocycles. The summed E-state index contributed by atoms with van der Waals surface area (Å²) in [5.74, 6) is 1.06. The first-order chi connectivity index (χ1) is 11.4. The molecular formula is C18H24N2O4. The van der Waals surface area contributed by atoms with Crippen molar-refractivity contribution in [2.75, 3.05) is 20.3 Å². The van der Waals surface area contributed by atoms with Crippen molar-refractivity contribution in [1.82, 2.24) is 10.1 Å². The highest BCUT2D eigenvalue weighted by Gasteiger charge is 2.25. The first-order valence-electron chi connectivity index (χ1n) is 7.86. The zero-order valence-electron chi connectivity index (χ0n) is 14.6. The SMILES string of the molecule is COc1ccccc1CN(CCO)C(=O)c1cc(C(C)(C)C)on1. The molecule has 6 nitrogen and oxygen atoms in total. The van der Waals surface area contributed by atoms with Crippen molar-refractivity contribution in [2.45, 2.75) is 32.7 Å². The van der Waals surface area contributed by atoms with E-state index in [1.807, 2.05) is 45.0 Å². The van der Waals surface area contributed by atoms with Gasteiger partial charge in [-0.25, -0.2) is 0 Å². The third kappa shape index (κ3) is 4.14. The van der Waals surface area contributed by atoms with Crippen LogP contribution in [0.3, 0.4) is 0 Å². The van der Waals surface area contributed by atoms with Gasteiger partial charge in [-0.2, -0.15) is 0 Å². The Kier molecular flexibility index (Phi) is 5.62. The lowest BCUT2D eigenvalue weighted by Crippen LogP contribution is -2.33. The summed E-state index contributed by atoms with van der Waals surface area (Å²) in [4.78, 5) is 14.3. The Morgan fingerprint density at radius 2 is 2.04 bits per heavy atom. The molecule has 2 aromatic rings. The highest BCUT2D eigenvalue weighted by molar-refractivity contribution is 5.92. The molecule has 0 unspecified atom stereocenters. The minimum absolute atomic E-state index is 0.134. The van der Waals surface area contributed by atoms with Crippen LogP contribution in [0.1, 0.15) is 42.6 Å². The summed E-state index contributed by atoms with van der Waals surface area (Å²) in [7, 11) is 1.59. The van der Waals surface area contributed by atoms with E-state index in [4.69, 9.17) is 9.26 Å². The number of amides is 1. The van der Waals surface area contributed by atoms with Crippen molar-refractivity contribution >= 4 is 5.91 Å². The third-order valence-electron chi connectivity index (χ3n) is 3.68. The second kappa shape index (κ2) is 7.49. The van der Waals surface area contributed by atoms with Crippen LogP contribution in [0.2, 0.25) is 0 Å². The largest absolute Gasteiger partial charge is 0.496 e. The molecule has 0 atom stereocenters. The summed E-state index contributed by atoms with van der Waals surface area (Å²) in [6, 6.07) is 9.14. The molecule has 24 heavy (non-hydrogen) atoms. The minimum atomic E-state index is -0.283. The van der Waals surface area contributed by atoms with E-state index in [1.54, 1.807) is 13.2 Å². The van der Waals surface area contributed by atoms with Gasteiger partial charge >= 0.3 is 0 Å². The number of benzene rings is 1. The highest BCUT2D eigenvalue weighted by Crippen LogP contribution is 2.24. The van der Waals surface area contributed by atoms with Crippen molar-refractivity contribution in [3.63, 3.8) is 0 Å². The average Bonchev–Trinajstić information content (AvgIpc) is 3.04. The Labute approximate surface area is 142 Å². The van der Waals surface area contributed by atoms with Gasteiger partial charge in [0.05, 0.1) is 13.7 Å². The number of hydrogen-bond donors (Lipinski definition) is 1. The van der Waals surface area contributed by atoms with Gasteiger partial charge in [0.25, 0.3) is 5.91 Å². The summed E-state index contributed by atoms with van der Waals surface area (Å²) in [5, 5.41) is 13.2. The number of carbonyl (C=O) groups excluding carboxylic acids is 1. The molecule has 0 aliphatic rings. The number of nitrogens with zero attached hydrogens (tertiary/aromatic N) is 2. The summed E-state index contributed by atoms with van der Waals surface area (Å²) in [6.45, 7) is 6.35. The van der Waals surface area contributed by atoms with Gasteiger partial charge in [-0.1, -0.05) is 44.1 Å². The molecule has 0 bridgehead atoms. The number of para-hydroxylation sites is 1. The molecule has 1 amide bonds. The number of aliphatic hydroxyl groups excluding tert-OH is 1. The number of methoxy groups -OCH3 is 1. The number of rotatable bonds is 6. The van der Waals surface area contributed by atoms with E-state index in [0.29, 0.717) is 18.1 Å². The molecule has 6 heteroatoms. The van der Waals surface area contributed by atoms with Gasteiger partial charge < -0.3 is 19.3 Å². The van der Waals surface area contributed by atoms with E-state index in [9.17, 15) is 9.90 Å². The van der Waals surface area contributed by atoms with E-state index in [1.165, 1.54) is 4.90 Å². The second-order valence-corrected chi connectivity index (χ2v) is 6.59. The second-order valence-electron chi connectivity index (χ2n) is 6.59. The van der Waals surface area contributed by atoms with Crippen LogP contribution in [0.4, 0.5) is 0 Å². The Balaban J connectivity index is 2.23. The van der Waals surface area contributed by atoms with Crippen LogP contribution in [-0.4, -0.2) is 41.3 Å². The molecule has 0 radical (unpaired) electrons. The number of hydrogen-bond acceptors (Lipinski definition) is 5. The highest BCUT2D eigenvalue weighted by atomic mass is 16.5. The van der Waals surface area contributed by atoms with Crippen molar-refractivity contribution < 1.29 is 19.2 Å². The maximum atomic E-state index is 12.7. The van der Waals surface area contributed by atoms with E-state index in [-0.39, 0.29) is 30.2 Å². The fraction of sp³-hybridized carbons (Fsp3) is 0.444.